The van der Waals surface area contributed by atoms with Crippen molar-refractivity contribution in [3.8, 4) is 0 Å². The minimum Gasteiger partial charge on any atom is -0.478 e. The molecule has 96 valence electrons. The van der Waals surface area contributed by atoms with E-state index in [1.54, 1.807) is 13.0 Å². The van der Waals surface area contributed by atoms with E-state index in [1.807, 2.05) is 0 Å². The molecular formula is C12H13ClN2O3. The normalized spacial score (nSPS) is 9.67. The van der Waals surface area contributed by atoms with Crippen molar-refractivity contribution < 1.29 is 14.7 Å². The van der Waals surface area contributed by atoms with E-state index >= 15 is 0 Å². The Morgan fingerprint density at radius 1 is 1.44 bits per heavy atom. The number of aromatic carboxylic acids is 1. The van der Waals surface area contributed by atoms with E-state index in [2.05, 4.69) is 17.2 Å². The summed E-state index contributed by atoms with van der Waals surface area (Å²) in [4.78, 5) is 22.2. The zero-order valence-corrected chi connectivity index (χ0v) is 10.5. The third-order valence-corrected chi connectivity index (χ3v) is 2.29. The fraction of sp³-hybridized carbons (Fsp3) is 0.167. The fourth-order valence-electron chi connectivity index (χ4n) is 1.33. The number of halogens is 1. The molecule has 3 N–H and O–H groups in total. The highest BCUT2D eigenvalue weighted by Crippen LogP contribution is 2.15. The lowest BCUT2D eigenvalue weighted by Crippen LogP contribution is -2.29. The third-order valence-electron chi connectivity index (χ3n) is 2.16. The molecule has 0 saturated carbocycles. The van der Waals surface area contributed by atoms with Gasteiger partial charge in [0.25, 0.3) is 0 Å². The van der Waals surface area contributed by atoms with Crippen molar-refractivity contribution in [3.05, 3.63) is 40.9 Å². The fourth-order valence-corrected chi connectivity index (χ4v) is 1.40. The predicted octanol–water partition coefficient (Wildman–Crippen LogP) is 2.57. The van der Waals surface area contributed by atoms with Gasteiger partial charge in [-0.25, -0.2) is 9.59 Å². The van der Waals surface area contributed by atoms with Gasteiger partial charge in [0, 0.05) is 10.7 Å². The summed E-state index contributed by atoms with van der Waals surface area (Å²) in [5, 5.41) is 14.2. The van der Waals surface area contributed by atoms with Crippen LogP contribution in [0, 0.1) is 6.92 Å². The van der Waals surface area contributed by atoms with Gasteiger partial charge in [0.15, 0.2) is 0 Å². The number of hydrogen-bond acceptors (Lipinski definition) is 2. The molecule has 0 aliphatic heterocycles. The monoisotopic (exact) mass is 268 g/mol. The van der Waals surface area contributed by atoms with Crippen LogP contribution in [0.2, 0.25) is 0 Å². The molecule has 1 rings (SSSR count). The van der Waals surface area contributed by atoms with E-state index in [0.29, 0.717) is 16.3 Å². The third kappa shape index (κ3) is 4.10. The molecule has 0 unspecified atom stereocenters. The van der Waals surface area contributed by atoms with E-state index in [9.17, 15) is 9.59 Å². The molecular weight excluding hydrogens is 256 g/mol. The summed E-state index contributed by atoms with van der Waals surface area (Å²) in [6, 6.07) is 4.11. The van der Waals surface area contributed by atoms with E-state index in [4.69, 9.17) is 16.7 Å². The summed E-state index contributed by atoms with van der Waals surface area (Å²) in [5.74, 6) is -0.998. The zero-order valence-electron chi connectivity index (χ0n) is 9.79. The molecule has 1 aromatic rings. The van der Waals surface area contributed by atoms with Crippen LogP contribution >= 0.6 is 11.6 Å². The van der Waals surface area contributed by atoms with Gasteiger partial charge >= 0.3 is 12.0 Å². The standard InChI is InChI=1S/C12H13ClN2O3/c1-7-5-9(3-4-10(7)11(16)17)15-12(18)14-6-8(2)13/h3-5H,2,6H2,1H3,(H,16,17)(H2,14,15,18). The second-order valence-electron chi connectivity index (χ2n) is 3.66. The maximum Gasteiger partial charge on any atom is 0.335 e. The highest BCUT2D eigenvalue weighted by molar-refractivity contribution is 6.29. The second-order valence-corrected chi connectivity index (χ2v) is 4.19. The number of urea groups is 1. The van der Waals surface area contributed by atoms with Gasteiger partial charge in [0.2, 0.25) is 0 Å². The van der Waals surface area contributed by atoms with E-state index in [-0.39, 0.29) is 12.1 Å². The minimum absolute atomic E-state index is 0.166. The number of nitrogens with one attached hydrogen (secondary N) is 2. The number of amides is 2. The predicted molar refractivity (Wildman–Crippen MR) is 70.2 cm³/mol. The molecule has 0 fully saturated rings. The average Bonchev–Trinajstić information content (AvgIpc) is 2.26. The lowest BCUT2D eigenvalue weighted by Gasteiger charge is -2.08. The van der Waals surface area contributed by atoms with Gasteiger partial charge in [0.05, 0.1) is 12.1 Å². The first-order valence-corrected chi connectivity index (χ1v) is 5.50. The van der Waals surface area contributed by atoms with Crippen LogP contribution in [0.3, 0.4) is 0 Å². The van der Waals surface area contributed by atoms with Crippen LogP contribution in [0.1, 0.15) is 15.9 Å². The number of anilines is 1. The first-order chi connectivity index (χ1) is 8.40. The summed E-state index contributed by atoms with van der Waals surface area (Å²) in [6.45, 7) is 5.26. The first kappa shape index (κ1) is 14.1. The summed E-state index contributed by atoms with van der Waals surface area (Å²) in [7, 11) is 0. The molecule has 6 heteroatoms. The number of carboxylic acids is 1. The highest BCUT2D eigenvalue weighted by Gasteiger charge is 2.08. The van der Waals surface area contributed by atoms with Gasteiger partial charge in [-0.05, 0) is 30.7 Å². The largest absolute Gasteiger partial charge is 0.478 e. The smallest absolute Gasteiger partial charge is 0.335 e. The van der Waals surface area contributed by atoms with Crippen LogP contribution in [-0.2, 0) is 0 Å². The summed E-state index contributed by atoms with van der Waals surface area (Å²) in [5.41, 5.74) is 1.28. The molecule has 0 radical (unpaired) electrons. The highest BCUT2D eigenvalue weighted by atomic mass is 35.5. The van der Waals surface area contributed by atoms with Gasteiger partial charge in [-0.2, -0.15) is 0 Å². The van der Waals surface area contributed by atoms with Crippen LogP contribution in [0.4, 0.5) is 10.5 Å². The van der Waals surface area contributed by atoms with Crippen LogP contribution < -0.4 is 10.6 Å². The maximum atomic E-state index is 11.4. The zero-order chi connectivity index (χ0) is 13.7. The Hall–Kier alpha value is -2.01. The van der Waals surface area contributed by atoms with Gasteiger partial charge in [-0.1, -0.05) is 18.2 Å². The van der Waals surface area contributed by atoms with E-state index < -0.39 is 12.0 Å². The van der Waals surface area contributed by atoms with Crippen molar-refractivity contribution in [2.75, 3.05) is 11.9 Å². The number of carbonyl (C=O) groups is 2. The maximum absolute atomic E-state index is 11.4. The van der Waals surface area contributed by atoms with E-state index in [1.165, 1.54) is 12.1 Å². The quantitative estimate of drug-likeness (QED) is 0.785. The van der Waals surface area contributed by atoms with Crippen molar-refractivity contribution in [3.63, 3.8) is 0 Å². The molecule has 0 heterocycles. The average molecular weight is 269 g/mol. The number of carbonyl (C=O) groups excluding carboxylic acids is 1. The minimum atomic E-state index is -0.998. The van der Waals surface area contributed by atoms with Crippen LogP contribution in [0.25, 0.3) is 0 Å². The topological polar surface area (TPSA) is 78.4 Å². The molecule has 18 heavy (non-hydrogen) atoms. The van der Waals surface area contributed by atoms with Crippen molar-refractivity contribution in [2.24, 2.45) is 0 Å². The van der Waals surface area contributed by atoms with Gasteiger partial charge in [0.1, 0.15) is 0 Å². The molecule has 2 amide bonds. The Morgan fingerprint density at radius 3 is 2.61 bits per heavy atom. The molecule has 0 saturated heterocycles. The van der Waals surface area contributed by atoms with Crippen molar-refractivity contribution in [1.29, 1.82) is 0 Å². The SMILES string of the molecule is C=C(Cl)CNC(=O)Nc1ccc(C(=O)O)c(C)c1. The number of aryl methyl sites for hydroxylation is 1. The summed E-state index contributed by atoms with van der Waals surface area (Å²) in [6.07, 6.45) is 0. The number of carboxylic acid groups (broad SMARTS) is 1. The van der Waals surface area contributed by atoms with Crippen molar-refractivity contribution >= 4 is 29.3 Å². The Labute approximate surface area is 109 Å². The van der Waals surface area contributed by atoms with Crippen LogP contribution in [0.5, 0.6) is 0 Å². The molecule has 1 aromatic carbocycles. The molecule has 0 atom stereocenters. The summed E-state index contributed by atoms with van der Waals surface area (Å²) >= 11 is 5.50. The Morgan fingerprint density at radius 2 is 2.11 bits per heavy atom. The Balaban J connectivity index is 2.69. The lowest BCUT2D eigenvalue weighted by atomic mass is 10.1. The van der Waals surface area contributed by atoms with Crippen LogP contribution in [0.15, 0.2) is 29.8 Å². The van der Waals surface area contributed by atoms with Crippen molar-refractivity contribution in [2.45, 2.75) is 6.92 Å². The van der Waals surface area contributed by atoms with Gasteiger partial charge < -0.3 is 15.7 Å². The van der Waals surface area contributed by atoms with Crippen molar-refractivity contribution in [1.82, 2.24) is 5.32 Å². The first-order valence-electron chi connectivity index (χ1n) is 5.12. The Bertz CT molecular complexity index is 500. The van der Waals surface area contributed by atoms with E-state index in [0.717, 1.165) is 0 Å². The Kier molecular flexibility index (Phi) is 4.74. The van der Waals surface area contributed by atoms with Gasteiger partial charge in [-0.15, -0.1) is 0 Å². The number of hydrogen-bond donors (Lipinski definition) is 3. The lowest BCUT2D eigenvalue weighted by molar-refractivity contribution is 0.0696. The molecule has 5 nitrogen and oxygen atoms in total. The number of rotatable bonds is 4. The molecule has 0 bridgehead atoms. The second kappa shape index (κ2) is 6.07. The summed E-state index contributed by atoms with van der Waals surface area (Å²) < 4.78 is 0. The number of benzene rings is 1. The molecule has 0 aliphatic carbocycles. The molecule has 0 aliphatic rings. The van der Waals surface area contributed by atoms with Gasteiger partial charge in [-0.3, -0.25) is 0 Å². The molecule has 0 spiro atoms. The van der Waals surface area contributed by atoms with Crippen LogP contribution in [-0.4, -0.2) is 23.7 Å². The molecule has 0 aromatic heterocycles.